The van der Waals surface area contributed by atoms with Crippen LogP contribution in [0.5, 0.6) is 0 Å². The maximum atomic E-state index is 16.0. The van der Waals surface area contributed by atoms with Crippen molar-refractivity contribution in [2.24, 2.45) is 10.8 Å². The van der Waals surface area contributed by atoms with Crippen LogP contribution in [-0.2, 0) is 19.1 Å². The highest BCUT2D eigenvalue weighted by Crippen LogP contribution is 2.96. The highest BCUT2D eigenvalue weighted by atomic mass is 19.4. The van der Waals surface area contributed by atoms with Crippen LogP contribution in [0.1, 0.15) is 13.8 Å². The maximum Gasteiger partial charge on any atom is 0.467 e. The molecular weight excluding hydrogens is 746 g/mol. The molecule has 4 rings (SSSR count). The van der Waals surface area contributed by atoms with Crippen LogP contribution in [0.25, 0.3) is 0 Å². The molecule has 276 valence electrons. The molecule has 0 aromatic rings. The van der Waals surface area contributed by atoms with Crippen molar-refractivity contribution in [3.8, 4) is 0 Å². The van der Waals surface area contributed by atoms with Crippen LogP contribution in [-0.4, -0.2) is 82.9 Å². The van der Waals surface area contributed by atoms with Gasteiger partial charge in [-0.25, -0.2) is 62.3 Å². The summed E-state index contributed by atoms with van der Waals surface area (Å²) in [5.74, 6) is -81.0. The molecule has 48 heavy (non-hydrogen) atoms. The third-order valence-corrected chi connectivity index (χ3v) is 8.23. The number of halogens is 22. The van der Waals surface area contributed by atoms with Crippen molar-refractivity contribution >= 4 is 11.9 Å². The molecule has 0 radical (unpaired) electrons. The molecule has 0 saturated heterocycles. The second kappa shape index (κ2) is 8.96. The van der Waals surface area contributed by atoms with Gasteiger partial charge in [0.05, 0.1) is 0 Å². The first-order chi connectivity index (χ1) is 20.7. The smallest absolute Gasteiger partial charge is 0.393 e. The molecule has 4 aliphatic rings. The Kier molecular flexibility index (Phi) is 7.34. The van der Waals surface area contributed by atoms with E-state index in [0.29, 0.717) is 0 Å². The molecule has 0 N–H and O–H groups in total. The number of alkyl halides is 22. The number of hydrogen-bond acceptors (Lipinski definition) is 4. The Morgan fingerprint density at radius 2 is 0.646 bits per heavy atom. The summed E-state index contributed by atoms with van der Waals surface area (Å²) < 4.78 is 342. The van der Waals surface area contributed by atoms with E-state index in [1.807, 2.05) is 0 Å². The summed E-state index contributed by atoms with van der Waals surface area (Å²) in [6.45, 7) is 4.90. The first kappa shape index (κ1) is 39.3. The van der Waals surface area contributed by atoms with Gasteiger partial charge in [-0.15, -0.1) is 0 Å². The second-order valence-corrected chi connectivity index (χ2v) is 10.8. The Hall–Kier alpha value is -3.12. The van der Waals surface area contributed by atoms with E-state index in [-0.39, 0.29) is 13.8 Å². The van der Waals surface area contributed by atoms with Crippen molar-refractivity contribution in [2.75, 3.05) is 0 Å². The number of ether oxygens (including phenoxy) is 2. The standard InChI is InChI=1S/C22H10F22O4/c1-5(2)7(45)47-21(41,42)18(35,36)9-13(25,26)10(19(37,38)22(43,44)48-8(46)6(3)4)16(31,32)11(23,14(9,27)28)20(39,40)12(24,15(9,29)30)17(10,33)34/h1,3H2,2,4H3. The molecule has 0 atom stereocenters. The predicted molar refractivity (Wildman–Crippen MR) is 104 cm³/mol. The largest absolute Gasteiger partial charge is 0.467 e. The van der Waals surface area contributed by atoms with Gasteiger partial charge < -0.3 is 9.47 Å². The number of esters is 2. The minimum Gasteiger partial charge on any atom is -0.393 e. The van der Waals surface area contributed by atoms with Gasteiger partial charge in [0.15, 0.2) is 0 Å². The minimum absolute atomic E-state index is 0.109. The normalized spacial score (nSPS) is 35.5. The molecule has 4 aliphatic carbocycles. The van der Waals surface area contributed by atoms with Gasteiger partial charge in [0.2, 0.25) is 10.8 Å². The zero-order chi connectivity index (χ0) is 38.7. The fourth-order valence-corrected chi connectivity index (χ4v) is 6.07. The van der Waals surface area contributed by atoms with E-state index < -0.39 is 105 Å². The van der Waals surface area contributed by atoms with Crippen LogP contribution in [0.15, 0.2) is 24.3 Å². The molecule has 0 heterocycles. The lowest BCUT2D eigenvalue weighted by molar-refractivity contribution is -0.662. The van der Waals surface area contributed by atoms with Crippen molar-refractivity contribution in [1.82, 2.24) is 0 Å². The quantitative estimate of drug-likeness (QED) is 0.144. The first-order valence-corrected chi connectivity index (χ1v) is 11.6. The highest BCUT2D eigenvalue weighted by molar-refractivity contribution is 5.87. The summed E-state index contributed by atoms with van der Waals surface area (Å²) in [5.41, 5.74) is -40.9. The summed E-state index contributed by atoms with van der Waals surface area (Å²) in [6, 6.07) is 0. The van der Waals surface area contributed by atoms with E-state index in [1.54, 1.807) is 0 Å². The van der Waals surface area contributed by atoms with Crippen molar-refractivity contribution < 1.29 is 116 Å². The SMILES string of the molecule is C=C(C)C(=O)OC(F)(F)C(F)(F)C12C(F)(F)C3(F)C(F)(F)C(F)(C1(F)F)C(F)(F)C(C(F)(F)C(F)(F)OC(=O)C(=C)C)(C3(F)F)C2(F)F. The molecule has 4 bridgehead atoms. The Morgan fingerprint density at radius 3 is 0.833 bits per heavy atom. The minimum atomic E-state index is -9.72. The molecule has 0 amide bonds. The van der Waals surface area contributed by atoms with E-state index in [0.717, 1.165) is 0 Å². The van der Waals surface area contributed by atoms with Gasteiger partial charge in [-0.1, -0.05) is 13.2 Å². The third kappa shape index (κ3) is 2.98. The zero-order valence-electron chi connectivity index (χ0n) is 22.4. The molecule has 0 aromatic heterocycles. The lowest BCUT2D eigenvalue weighted by Gasteiger charge is -2.78. The van der Waals surface area contributed by atoms with E-state index >= 15 is 70.2 Å². The third-order valence-electron chi connectivity index (χ3n) is 8.23. The van der Waals surface area contributed by atoms with Gasteiger partial charge in [0.25, 0.3) is 5.92 Å². The molecule has 0 aliphatic heterocycles. The van der Waals surface area contributed by atoms with Crippen LogP contribution in [0.4, 0.5) is 96.6 Å². The Balaban J connectivity index is 2.85. The van der Waals surface area contributed by atoms with Crippen LogP contribution in [0, 0.1) is 10.8 Å². The number of hydrogen-bond donors (Lipinski definition) is 0. The Morgan fingerprint density at radius 1 is 0.438 bits per heavy atom. The van der Waals surface area contributed by atoms with E-state index in [9.17, 15) is 35.9 Å². The first-order valence-electron chi connectivity index (χ1n) is 11.6. The molecule has 0 unspecified atom stereocenters. The second-order valence-electron chi connectivity index (χ2n) is 10.8. The summed E-state index contributed by atoms with van der Waals surface area (Å²) in [6.07, 6.45) is -16.3. The zero-order valence-corrected chi connectivity index (χ0v) is 22.4. The van der Waals surface area contributed by atoms with Gasteiger partial charge in [-0.05, 0) is 13.8 Å². The summed E-state index contributed by atoms with van der Waals surface area (Å²) in [5, 5.41) is 0. The molecule has 26 heteroatoms. The van der Waals surface area contributed by atoms with Crippen molar-refractivity contribution in [3.63, 3.8) is 0 Å². The topological polar surface area (TPSA) is 52.6 Å². The highest BCUT2D eigenvalue weighted by Gasteiger charge is 3.27. The summed E-state index contributed by atoms with van der Waals surface area (Å²) in [7, 11) is 0. The van der Waals surface area contributed by atoms with Crippen molar-refractivity contribution in [2.45, 2.75) is 84.8 Å². The maximum absolute atomic E-state index is 16.0. The van der Waals surface area contributed by atoms with Gasteiger partial charge in [0, 0.05) is 11.1 Å². The average Bonchev–Trinajstić information content (AvgIpc) is 2.83. The summed E-state index contributed by atoms with van der Waals surface area (Å²) in [4.78, 5) is 22.8. The Labute approximate surface area is 248 Å². The van der Waals surface area contributed by atoms with Gasteiger partial charge in [-0.3, -0.25) is 0 Å². The molecule has 0 aromatic carbocycles. The number of carbonyl (C=O) groups is 2. The lowest BCUT2D eigenvalue weighted by atomic mass is 9.30. The van der Waals surface area contributed by atoms with Crippen LogP contribution < -0.4 is 0 Å². The van der Waals surface area contributed by atoms with Crippen molar-refractivity contribution in [3.05, 3.63) is 24.3 Å². The van der Waals surface area contributed by atoms with E-state index in [1.165, 1.54) is 0 Å². The summed E-state index contributed by atoms with van der Waals surface area (Å²) >= 11 is 0. The monoisotopic (exact) mass is 756 g/mol. The molecule has 0 spiro atoms. The number of rotatable bonds is 8. The van der Waals surface area contributed by atoms with Crippen LogP contribution >= 0.6 is 0 Å². The van der Waals surface area contributed by atoms with Gasteiger partial charge in [-0.2, -0.15) is 43.9 Å². The average molecular weight is 756 g/mol. The van der Waals surface area contributed by atoms with Gasteiger partial charge >= 0.3 is 77.0 Å². The Bertz CT molecular complexity index is 1350. The molecule has 4 nitrogen and oxygen atoms in total. The fourth-order valence-electron chi connectivity index (χ4n) is 6.07. The van der Waals surface area contributed by atoms with E-state index in [2.05, 4.69) is 22.6 Å². The number of carbonyl (C=O) groups excluding carboxylic acids is 2. The molecular formula is C22H10F22O4. The van der Waals surface area contributed by atoms with Crippen LogP contribution in [0.2, 0.25) is 0 Å². The van der Waals surface area contributed by atoms with Crippen LogP contribution in [0.3, 0.4) is 0 Å². The molecule has 4 saturated carbocycles. The van der Waals surface area contributed by atoms with Crippen molar-refractivity contribution in [1.29, 1.82) is 0 Å². The molecule has 4 fully saturated rings. The van der Waals surface area contributed by atoms with Gasteiger partial charge in [0.1, 0.15) is 0 Å². The fraction of sp³-hybridized carbons (Fsp3) is 0.727. The lowest BCUT2D eigenvalue weighted by Crippen LogP contribution is -3.10. The van der Waals surface area contributed by atoms with E-state index in [4.69, 9.17) is 0 Å². The predicted octanol–water partition coefficient (Wildman–Crippen LogP) is 7.92.